The highest BCUT2D eigenvalue weighted by Crippen LogP contribution is 2.19. The molecule has 25 heavy (non-hydrogen) atoms. The van der Waals surface area contributed by atoms with E-state index in [1.807, 2.05) is 12.1 Å². The number of hydrogen-bond acceptors (Lipinski definition) is 5. The predicted molar refractivity (Wildman–Crippen MR) is 91.9 cm³/mol. The molecule has 2 aromatic rings. The van der Waals surface area contributed by atoms with Gasteiger partial charge in [0.25, 0.3) is 0 Å². The first-order valence-electron chi connectivity index (χ1n) is 7.19. The molecule has 132 valence electrons. The van der Waals surface area contributed by atoms with E-state index in [4.69, 9.17) is 5.73 Å². The van der Waals surface area contributed by atoms with Crippen molar-refractivity contribution in [2.75, 3.05) is 6.54 Å². The fourth-order valence-electron chi connectivity index (χ4n) is 2.09. The van der Waals surface area contributed by atoms with Gasteiger partial charge in [-0.15, -0.1) is 0 Å². The third kappa shape index (κ3) is 4.78. The van der Waals surface area contributed by atoms with Gasteiger partial charge in [-0.25, -0.2) is 13.2 Å². The largest absolute Gasteiger partial charge is 0.419 e. The summed E-state index contributed by atoms with van der Waals surface area (Å²) in [5, 5.41) is 3.82. The first kappa shape index (κ1) is 18.4. The van der Waals surface area contributed by atoms with Crippen molar-refractivity contribution < 1.29 is 22.7 Å². The smallest absolute Gasteiger partial charge is 0.412 e. The van der Waals surface area contributed by atoms with Crippen LogP contribution in [0.3, 0.4) is 0 Å². The highest BCUT2D eigenvalue weighted by Gasteiger charge is 2.24. The van der Waals surface area contributed by atoms with Crippen molar-refractivity contribution in [3.05, 3.63) is 55.3 Å². The number of ether oxygens (including phenoxy) is 1. The second-order valence-corrected chi connectivity index (χ2v) is 6.75. The minimum absolute atomic E-state index is 0.0221. The van der Waals surface area contributed by atoms with Gasteiger partial charge in [0.15, 0.2) is 0 Å². The maximum Gasteiger partial charge on any atom is 0.412 e. The highest BCUT2D eigenvalue weighted by atomic mass is 32.2. The number of rotatable bonds is 7. The van der Waals surface area contributed by atoms with E-state index in [9.17, 15) is 18.0 Å². The molecule has 0 aliphatic rings. The summed E-state index contributed by atoms with van der Waals surface area (Å²) in [6.45, 7) is 2.83. The minimum atomic E-state index is -4.02. The highest BCUT2D eigenvalue weighted by molar-refractivity contribution is 7.89. The Morgan fingerprint density at radius 2 is 1.88 bits per heavy atom. The number of nitrogens with two attached hydrogens (primary N) is 1. The Balaban J connectivity index is 2.19. The molecule has 2 aromatic carbocycles. The van der Waals surface area contributed by atoms with Gasteiger partial charge < -0.3 is 15.8 Å². The molecule has 0 unspecified atom stereocenters. The normalized spacial score (nSPS) is 12.3. The number of primary amides is 1. The van der Waals surface area contributed by atoms with Crippen LogP contribution >= 0.6 is 0 Å². The zero-order chi connectivity index (χ0) is 18.4. The van der Waals surface area contributed by atoms with E-state index in [1.54, 1.807) is 18.2 Å². The SMILES string of the molecule is C=COC(=O)NC[C@H](NS(=O)(=O)c1ccc2ccccc2c1)C(N)=O. The van der Waals surface area contributed by atoms with Crippen molar-refractivity contribution in [3.63, 3.8) is 0 Å². The number of hydrogen-bond donors (Lipinski definition) is 3. The van der Waals surface area contributed by atoms with E-state index in [0.717, 1.165) is 17.0 Å². The van der Waals surface area contributed by atoms with Crippen LogP contribution in [-0.4, -0.2) is 33.0 Å². The molecule has 0 radical (unpaired) electrons. The van der Waals surface area contributed by atoms with Gasteiger partial charge in [-0.3, -0.25) is 4.79 Å². The molecule has 0 saturated carbocycles. The summed E-state index contributed by atoms with van der Waals surface area (Å²) >= 11 is 0. The van der Waals surface area contributed by atoms with E-state index in [1.165, 1.54) is 12.1 Å². The number of carbonyl (C=O) groups excluding carboxylic acids is 2. The van der Waals surface area contributed by atoms with Crippen molar-refractivity contribution in [1.29, 1.82) is 0 Å². The van der Waals surface area contributed by atoms with Crippen LogP contribution in [0.1, 0.15) is 0 Å². The average Bonchev–Trinajstić information content (AvgIpc) is 2.58. The van der Waals surface area contributed by atoms with Crippen LogP contribution < -0.4 is 15.8 Å². The molecule has 4 N–H and O–H groups in total. The molecule has 0 aromatic heterocycles. The Kier molecular flexibility index (Phi) is 5.73. The Bertz CT molecular complexity index is 911. The Labute approximate surface area is 144 Å². The lowest BCUT2D eigenvalue weighted by Crippen LogP contribution is -2.50. The zero-order valence-electron chi connectivity index (χ0n) is 13.1. The molecule has 1 atom stereocenters. The average molecular weight is 363 g/mol. The van der Waals surface area contributed by atoms with Gasteiger partial charge in [-0.2, -0.15) is 4.72 Å². The molecule has 2 amide bonds. The quantitative estimate of drug-likeness (QED) is 0.628. The van der Waals surface area contributed by atoms with Crippen LogP contribution in [0, 0.1) is 0 Å². The number of nitrogens with one attached hydrogen (secondary N) is 2. The molecular formula is C16H17N3O5S. The Hall–Kier alpha value is -2.91. The maximum atomic E-state index is 12.5. The monoisotopic (exact) mass is 363 g/mol. The van der Waals surface area contributed by atoms with Crippen LogP contribution in [0.2, 0.25) is 0 Å². The van der Waals surface area contributed by atoms with E-state index >= 15 is 0 Å². The van der Waals surface area contributed by atoms with Crippen LogP contribution in [-0.2, 0) is 19.6 Å². The van der Waals surface area contributed by atoms with Crippen molar-refractivity contribution in [2.45, 2.75) is 10.9 Å². The number of sulfonamides is 1. The van der Waals surface area contributed by atoms with Gasteiger partial charge in [0.05, 0.1) is 11.2 Å². The second kappa shape index (κ2) is 7.77. The number of alkyl carbamates (subject to hydrolysis) is 1. The van der Waals surface area contributed by atoms with Crippen molar-refractivity contribution in [2.24, 2.45) is 5.73 Å². The van der Waals surface area contributed by atoms with Crippen LogP contribution in [0.4, 0.5) is 4.79 Å². The topological polar surface area (TPSA) is 128 Å². The van der Waals surface area contributed by atoms with Crippen LogP contribution in [0.15, 0.2) is 60.2 Å². The van der Waals surface area contributed by atoms with Crippen molar-refractivity contribution in [1.82, 2.24) is 10.0 Å². The molecule has 0 bridgehead atoms. The molecule has 8 nitrogen and oxygen atoms in total. The predicted octanol–water partition coefficient (Wildman–Crippen LogP) is 0.842. The van der Waals surface area contributed by atoms with Crippen LogP contribution in [0.5, 0.6) is 0 Å². The molecule has 0 aliphatic heterocycles. The first-order chi connectivity index (χ1) is 11.8. The van der Waals surface area contributed by atoms with Crippen molar-refractivity contribution >= 4 is 32.8 Å². The molecule has 9 heteroatoms. The molecule has 0 heterocycles. The number of benzene rings is 2. The number of fused-ring (bicyclic) bond motifs is 1. The van der Waals surface area contributed by atoms with E-state index < -0.39 is 28.1 Å². The van der Waals surface area contributed by atoms with E-state index in [2.05, 4.69) is 21.4 Å². The molecule has 2 rings (SSSR count). The zero-order valence-corrected chi connectivity index (χ0v) is 14.0. The maximum absolute atomic E-state index is 12.5. The summed E-state index contributed by atoms with van der Waals surface area (Å²) in [5.41, 5.74) is 5.19. The molecular weight excluding hydrogens is 346 g/mol. The Morgan fingerprint density at radius 1 is 1.20 bits per heavy atom. The minimum Gasteiger partial charge on any atom is -0.419 e. The van der Waals surface area contributed by atoms with Crippen LogP contribution in [0.25, 0.3) is 10.8 Å². The fraction of sp³-hybridized carbons (Fsp3) is 0.125. The molecule has 0 fully saturated rings. The van der Waals surface area contributed by atoms with Gasteiger partial charge in [0, 0.05) is 6.54 Å². The summed E-state index contributed by atoms with van der Waals surface area (Å²) in [6, 6.07) is 10.5. The number of carbonyl (C=O) groups is 2. The van der Waals surface area contributed by atoms with Gasteiger partial charge >= 0.3 is 6.09 Å². The first-order valence-corrected chi connectivity index (χ1v) is 8.67. The Morgan fingerprint density at radius 3 is 2.52 bits per heavy atom. The van der Waals surface area contributed by atoms with Gasteiger partial charge in [0.2, 0.25) is 15.9 Å². The fourth-order valence-corrected chi connectivity index (χ4v) is 3.33. The van der Waals surface area contributed by atoms with Gasteiger partial charge in [-0.1, -0.05) is 36.9 Å². The lowest BCUT2D eigenvalue weighted by molar-refractivity contribution is -0.119. The van der Waals surface area contributed by atoms with Gasteiger partial charge in [-0.05, 0) is 22.9 Å². The third-order valence-electron chi connectivity index (χ3n) is 3.31. The number of amides is 2. The molecule has 0 aliphatic carbocycles. The summed E-state index contributed by atoms with van der Waals surface area (Å²) in [7, 11) is -4.02. The standard InChI is InChI=1S/C16H17N3O5S/c1-2-24-16(21)18-10-14(15(17)20)19-25(22,23)13-8-7-11-5-3-4-6-12(11)9-13/h2-9,14,19H,1,10H2,(H2,17,20)(H,18,21)/t14-/m0/s1. The lowest BCUT2D eigenvalue weighted by Gasteiger charge is -2.16. The summed E-state index contributed by atoms with van der Waals surface area (Å²) in [6.07, 6.45) is 0.0135. The van der Waals surface area contributed by atoms with E-state index in [0.29, 0.717) is 0 Å². The van der Waals surface area contributed by atoms with Gasteiger partial charge in [0.1, 0.15) is 6.04 Å². The summed E-state index contributed by atoms with van der Waals surface area (Å²) in [4.78, 5) is 22.7. The summed E-state index contributed by atoms with van der Waals surface area (Å²) in [5.74, 6) is -0.941. The summed E-state index contributed by atoms with van der Waals surface area (Å²) < 4.78 is 31.6. The van der Waals surface area contributed by atoms with Crippen molar-refractivity contribution in [3.8, 4) is 0 Å². The van der Waals surface area contributed by atoms with E-state index in [-0.39, 0.29) is 11.4 Å². The third-order valence-corrected chi connectivity index (χ3v) is 4.78. The lowest BCUT2D eigenvalue weighted by atomic mass is 10.1. The molecule has 0 spiro atoms. The molecule has 0 saturated heterocycles. The second-order valence-electron chi connectivity index (χ2n) is 5.04.